The Morgan fingerprint density at radius 2 is 2.17 bits per heavy atom. The first-order valence-electron chi connectivity index (χ1n) is 5.79. The normalized spacial score (nSPS) is 12.8. The molecule has 3 nitrogen and oxygen atoms in total. The first-order chi connectivity index (χ1) is 8.45. The monoisotopic (exact) mass is 397 g/mol. The molecule has 0 saturated carbocycles. The Labute approximate surface area is 129 Å². The van der Waals surface area contributed by atoms with Crippen molar-refractivity contribution in [3.05, 3.63) is 19.2 Å². The van der Waals surface area contributed by atoms with E-state index >= 15 is 0 Å². The molecule has 0 aliphatic carbocycles. The summed E-state index contributed by atoms with van der Waals surface area (Å²) in [5.41, 5.74) is 0. The highest BCUT2D eigenvalue weighted by Gasteiger charge is 2.19. The number of amides is 1. The quantitative estimate of drug-likeness (QED) is 0.784. The number of nitrogens with one attached hydrogen (secondary N) is 1. The number of carbonyl (C=O) groups excluding carboxylic acids is 1. The molecule has 1 amide bonds. The predicted octanol–water partition coefficient (Wildman–Crippen LogP) is 4.06. The minimum absolute atomic E-state index is 0.0390. The molecule has 1 unspecified atom stereocenters. The molecule has 6 heteroatoms. The van der Waals surface area contributed by atoms with Gasteiger partial charge in [-0.1, -0.05) is 13.8 Å². The molecule has 0 spiro atoms. The number of hydrogen-bond acceptors (Lipinski definition) is 3. The fraction of sp³-hybridized carbons (Fsp3) is 0.583. The third kappa shape index (κ3) is 4.64. The summed E-state index contributed by atoms with van der Waals surface area (Å²) in [5.74, 6) is 0.289. The highest BCUT2D eigenvalue weighted by Crippen LogP contribution is 2.32. The first-order valence-corrected chi connectivity index (χ1v) is 8.19. The topological polar surface area (TPSA) is 38.3 Å². The van der Waals surface area contributed by atoms with Gasteiger partial charge < -0.3 is 10.1 Å². The highest BCUT2D eigenvalue weighted by atomic mass is 79.9. The van der Waals surface area contributed by atoms with Gasteiger partial charge in [-0.2, -0.15) is 0 Å². The molecular weight excluding hydrogens is 382 g/mol. The van der Waals surface area contributed by atoms with Crippen LogP contribution in [0.3, 0.4) is 0 Å². The van der Waals surface area contributed by atoms with Crippen molar-refractivity contribution < 1.29 is 9.53 Å². The number of thiophene rings is 1. The van der Waals surface area contributed by atoms with E-state index in [0.29, 0.717) is 24.0 Å². The van der Waals surface area contributed by atoms with Crippen LogP contribution in [0.1, 0.15) is 30.4 Å². The lowest BCUT2D eigenvalue weighted by molar-refractivity contribution is 0.0809. The summed E-state index contributed by atoms with van der Waals surface area (Å²) >= 11 is 8.19. The lowest BCUT2D eigenvalue weighted by atomic mass is 10.1. The maximum atomic E-state index is 12.1. The van der Waals surface area contributed by atoms with E-state index in [1.54, 1.807) is 0 Å². The average molecular weight is 399 g/mol. The number of rotatable bonds is 6. The molecule has 102 valence electrons. The van der Waals surface area contributed by atoms with Crippen LogP contribution in [0.25, 0.3) is 0 Å². The van der Waals surface area contributed by atoms with Crippen LogP contribution in [0.15, 0.2) is 14.3 Å². The van der Waals surface area contributed by atoms with Crippen LogP contribution in [0, 0.1) is 5.92 Å². The minimum Gasteiger partial charge on any atom is -0.380 e. The van der Waals surface area contributed by atoms with Crippen molar-refractivity contribution in [2.75, 3.05) is 13.2 Å². The van der Waals surface area contributed by atoms with Crippen LogP contribution in [-0.2, 0) is 4.74 Å². The van der Waals surface area contributed by atoms with E-state index in [9.17, 15) is 4.79 Å². The van der Waals surface area contributed by atoms with Gasteiger partial charge in [0.15, 0.2) is 0 Å². The zero-order valence-corrected chi connectivity index (χ0v) is 14.6. The van der Waals surface area contributed by atoms with Crippen molar-refractivity contribution in [3.63, 3.8) is 0 Å². The van der Waals surface area contributed by atoms with E-state index in [0.717, 1.165) is 8.26 Å². The zero-order valence-electron chi connectivity index (χ0n) is 10.6. The molecule has 0 aliphatic rings. The summed E-state index contributed by atoms with van der Waals surface area (Å²) < 4.78 is 7.23. The largest absolute Gasteiger partial charge is 0.380 e. The van der Waals surface area contributed by atoms with Crippen molar-refractivity contribution in [2.45, 2.75) is 26.8 Å². The van der Waals surface area contributed by atoms with Crippen molar-refractivity contribution >= 4 is 49.1 Å². The SMILES string of the molecule is CCOCC(NC(=O)c1cc(Br)c(Br)s1)C(C)C. The van der Waals surface area contributed by atoms with Gasteiger partial charge in [0.2, 0.25) is 0 Å². The van der Waals surface area contributed by atoms with E-state index in [2.05, 4.69) is 51.0 Å². The maximum Gasteiger partial charge on any atom is 0.261 e. The van der Waals surface area contributed by atoms with Crippen molar-refractivity contribution in [1.82, 2.24) is 5.32 Å². The van der Waals surface area contributed by atoms with Gasteiger partial charge in [-0.05, 0) is 50.8 Å². The molecule has 1 heterocycles. The van der Waals surface area contributed by atoms with Crippen LogP contribution in [-0.4, -0.2) is 25.2 Å². The van der Waals surface area contributed by atoms with Gasteiger partial charge in [0.25, 0.3) is 5.91 Å². The lowest BCUT2D eigenvalue weighted by Crippen LogP contribution is -2.41. The summed E-state index contributed by atoms with van der Waals surface area (Å²) in [6.45, 7) is 7.31. The number of hydrogen-bond donors (Lipinski definition) is 1. The van der Waals surface area contributed by atoms with Crippen molar-refractivity contribution in [2.24, 2.45) is 5.92 Å². The Kier molecular flexibility index (Phi) is 6.84. The number of halogens is 2. The molecule has 1 aromatic heterocycles. The Hall–Kier alpha value is 0.0900. The Bertz CT molecular complexity index is 387. The summed E-state index contributed by atoms with van der Waals surface area (Å²) in [4.78, 5) is 12.8. The fourth-order valence-electron chi connectivity index (χ4n) is 1.34. The van der Waals surface area contributed by atoms with Crippen molar-refractivity contribution in [1.29, 1.82) is 0 Å². The van der Waals surface area contributed by atoms with E-state index < -0.39 is 0 Å². The van der Waals surface area contributed by atoms with E-state index in [1.165, 1.54) is 11.3 Å². The number of carbonyl (C=O) groups is 1. The summed E-state index contributed by atoms with van der Waals surface area (Å²) in [5, 5.41) is 3.01. The van der Waals surface area contributed by atoms with Gasteiger partial charge in [0.1, 0.15) is 0 Å². The van der Waals surface area contributed by atoms with Crippen LogP contribution in [0.4, 0.5) is 0 Å². The molecule has 0 bridgehead atoms. The molecule has 0 fully saturated rings. The Morgan fingerprint density at radius 1 is 1.50 bits per heavy atom. The van der Waals surface area contributed by atoms with E-state index in [1.807, 2.05) is 13.0 Å². The molecule has 18 heavy (non-hydrogen) atoms. The second-order valence-electron chi connectivity index (χ2n) is 4.22. The Balaban J connectivity index is 2.66. The second kappa shape index (κ2) is 7.62. The molecule has 1 atom stereocenters. The molecular formula is C12H17Br2NO2S. The van der Waals surface area contributed by atoms with Gasteiger partial charge >= 0.3 is 0 Å². The van der Waals surface area contributed by atoms with Gasteiger partial charge in [-0.15, -0.1) is 11.3 Å². The molecule has 1 rings (SSSR count). The average Bonchev–Trinajstić information content (AvgIpc) is 2.64. The molecule has 0 saturated heterocycles. The first kappa shape index (κ1) is 16.1. The maximum absolute atomic E-state index is 12.1. The highest BCUT2D eigenvalue weighted by molar-refractivity contribution is 9.13. The standard InChI is InChI=1S/C12H17Br2NO2S/c1-4-17-6-9(7(2)3)15-12(16)10-5-8(13)11(14)18-10/h5,7,9H,4,6H2,1-3H3,(H,15,16). The molecule has 0 aromatic carbocycles. The van der Waals surface area contributed by atoms with Gasteiger partial charge in [0, 0.05) is 11.1 Å². The summed E-state index contributed by atoms with van der Waals surface area (Å²) in [6.07, 6.45) is 0. The van der Waals surface area contributed by atoms with Crippen LogP contribution >= 0.6 is 43.2 Å². The van der Waals surface area contributed by atoms with Gasteiger partial charge in [-0.3, -0.25) is 4.79 Å². The Morgan fingerprint density at radius 3 is 2.61 bits per heavy atom. The van der Waals surface area contributed by atoms with Crippen molar-refractivity contribution in [3.8, 4) is 0 Å². The smallest absolute Gasteiger partial charge is 0.261 e. The molecule has 0 aliphatic heterocycles. The number of ether oxygens (including phenoxy) is 1. The van der Waals surface area contributed by atoms with Crippen LogP contribution in [0.5, 0.6) is 0 Å². The van der Waals surface area contributed by atoms with Crippen LogP contribution in [0.2, 0.25) is 0 Å². The molecule has 1 aromatic rings. The third-order valence-electron chi connectivity index (χ3n) is 2.49. The van der Waals surface area contributed by atoms with E-state index in [4.69, 9.17) is 4.74 Å². The lowest BCUT2D eigenvalue weighted by Gasteiger charge is -2.21. The van der Waals surface area contributed by atoms with Crippen LogP contribution < -0.4 is 5.32 Å². The molecule has 1 N–H and O–H groups in total. The third-order valence-corrected chi connectivity index (χ3v) is 5.75. The summed E-state index contributed by atoms with van der Waals surface area (Å²) in [7, 11) is 0. The minimum atomic E-state index is -0.0511. The molecule has 0 radical (unpaired) electrons. The second-order valence-corrected chi connectivity index (χ2v) is 7.44. The zero-order chi connectivity index (χ0) is 13.7. The predicted molar refractivity (Wildman–Crippen MR) is 82.3 cm³/mol. The summed E-state index contributed by atoms with van der Waals surface area (Å²) in [6, 6.07) is 1.86. The fourth-order valence-corrected chi connectivity index (χ4v) is 3.28. The van der Waals surface area contributed by atoms with Gasteiger partial charge in [-0.25, -0.2) is 0 Å². The van der Waals surface area contributed by atoms with Gasteiger partial charge in [0.05, 0.1) is 21.3 Å². The van der Waals surface area contributed by atoms with E-state index in [-0.39, 0.29) is 11.9 Å².